The van der Waals surface area contributed by atoms with E-state index in [0.29, 0.717) is 6.54 Å². The molecule has 2 N–H and O–H groups in total. The van der Waals surface area contributed by atoms with Crippen LogP contribution in [0.25, 0.3) is 0 Å². The lowest BCUT2D eigenvalue weighted by atomic mass is 9.96. The van der Waals surface area contributed by atoms with E-state index in [1.54, 1.807) is 12.5 Å². The summed E-state index contributed by atoms with van der Waals surface area (Å²) in [5.74, 6) is 0.775. The van der Waals surface area contributed by atoms with Crippen molar-refractivity contribution in [3.05, 3.63) is 24.3 Å². The van der Waals surface area contributed by atoms with E-state index in [4.69, 9.17) is 5.73 Å². The molecule has 1 aromatic rings. The minimum Gasteiger partial charge on any atom is -0.329 e. The summed E-state index contributed by atoms with van der Waals surface area (Å²) in [7, 11) is 4.35. The van der Waals surface area contributed by atoms with Crippen LogP contribution >= 0.6 is 0 Å². The Morgan fingerprint density at radius 3 is 2.79 bits per heavy atom. The molecule has 19 heavy (non-hydrogen) atoms. The molecule has 2 heterocycles. The van der Waals surface area contributed by atoms with Gasteiger partial charge in [0.1, 0.15) is 6.33 Å². The Hall–Kier alpha value is -1.04. The molecule has 1 unspecified atom stereocenters. The number of rotatable bonds is 5. The second kappa shape index (κ2) is 6.93. The number of hydrogen-bond donors (Lipinski definition) is 1. The number of likely N-dealkylation sites (N-methyl/N-ethyl adjacent to an activating group) is 1. The van der Waals surface area contributed by atoms with Gasteiger partial charge in [-0.25, -0.2) is 9.97 Å². The average Bonchev–Trinajstić information content (AvgIpc) is 2.43. The van der Waals surface area contributed by atoms with Crippen LogP contribution < -0.4 is 5.73 Å². The van der Waals surface area contributed by atoms with Crippen molar-refractivity contribution in [3.8, 4) is 0 Å². The van der Waals surface area contributed by atoms with Crippen LogP contribution in [0.4, 0.5) is 0 Å². The van der Waals surface area contributed by atoms with E-state index < -0.39 is 0 Å². The fourth-order valence-electron chi connectivity index (χ4n) is 2.80. The van der Waals surface area contributed by atoms with Crippen LogP contribution in [-0.2, 0) is 0 Å². The van der Waals surface area contributed by atoms with E-state index in [1.807, 2.05) is 6.07 Å². The van der Waals surface area contributed by atoms with E-state index in [0.717, 1.165) is 18.2 Å². The molecule has 0 radical (unpaired) electrons. The highest BCUT2D eigenvalue weighted by Crippen LogP contribution is 2.21. The molecule has 5 nitrogen and oxygen atoms in total. The summed E-state index contributed by atoms with van der Waals surface area (Å²) in [6.07, 6.45) is 5.94. The Balaban J connectivity index is 1.92. The molecule has 1 atom stereocenters. The van der Waals surface area contributed by atoms with Crippen molar-refractivity contribution in [3.63, 3.8) is 0 Å². The maximum absolute atomic E-state index is 5.92. The van der Waals surface area contributed by atoms with Gasteiger partial charge >= 0.3 is 0 Å². The molecule has 106 valence electrons. The Labute approximate surface area is 115 Å². The normalized spacial score (nSPS) is 19.8. The topological polar surface area (TPSA) is 58.3 Å². The summed E-state index contributed by atoms with van der Waals surface area (Å²) < 4.78 is 0. The molecule has 0 bridgehead atoms. The summed E-state index contributed by atoms with van der Waals surface area (Å²) in [5, 5.41) is 0. The zero-order chi connectivity index (χ0) is 13.7. The van der Waals surface area contributed by atoms with Gasteiger partial charge in [0.25, 0.3) is 0 Å². The number of piperidine rings is 1. The second-order valence-corrected chi connectivity index (χ2v) is 5.57. The first-order valence-electron chi connectivity index (χ1n) is 7.05. The maximum Gasteiger partial charge on any atom is 0.115 e. The van der Waals surface area contributed by atoms with Gasteiger partial charge in [-0.2, -0.15) is 0 Å². The molecule has 0 spiro atoms. The predicted octanol–water partition coefficient (Wildman–Crippen LogP) is 0.750. The predicted molar refractivity (Wildman–Crippen MR) is 76.7 cm³/mol. The fraction of sp³-hybridized carbons (Fsp3) is 0.714. The molecule has 1 aliphatic heterocycles. The summed E-state index contributed by atoms with van der Waals surface area (Å²) in [6.45, 7) is 4.11. The highest BCUT2D eigenvalue weighted by molar-refractivity contribution is 5.05. The first kappa shape index (κ1) is 14.4. The van der Waals surface area contributed by atoms with Gasteiger partial charge < -0.3 is 10.6 Å². The van der Waals surface area contributed by atoms with Crippen LogP contribution in [0.2, 0.25) is 0 Å². The van der Waals surface area contributed by atoms with Crippen molar-refractivity contribution in [1.82, 2.24) is 19.8 Å². The van der Waals surface area contributed by atoms with Crippen molar-refractivity contribution in [2.75, 3.05) is 40.3 Å². The van der Waals surface area contributed by atoms with Gasteiger partial charge in [-0.3, -0.25) is 4.90 Å². The van der Waals surface area contributed by atoms with Crippen molar-refractivity contribution in [1.29, 1.82) is 0 Å². The highest BCUT2D eigenvalue weighted by atomic mass is 15.2. The number of hydrogen-bond acceptors (Lipinski definition) is 5. The van der Waals surface area contributed by atoms with E-state index in [2.05, 4.69) is 33.9 Å². The smallest absolute Gasteiger partial charge is 0.115 e. The summed E-state index contributed by atoms with van der Waals surface area (Å²) in [6, 6.07) is 2.16. The Morgan fingerprint density at radius 1 is 1.47 bits per heavy atom. The van der Waals surface area contributed by atoms with Crippen LogP contribution in [0.5, 0.6) is 0 Å². The standard InChI is InChI=1S/C14H25N5/c1-18-7-4-12(5-8-18)10-19(2)14(9-15)13-3-6-16-11-17-13/h3,6,11-12,14H,4-5,7-10,15H2,1-2H3. The number of aromatic nitrogens is 2. The highest BCUT2D eigenvalue weighted by Gasteiger charge is 2.22. The number of likely N-dealkylation sites (tertiary alicyclic amines) is 1. The molecule has 0 aromatic carbocycles. The zero-order valence-corrected chi connectivity index (χ0v) is 12.0. The van der Waals surface area contributed by atoms with Gasteiger partial charge in [-0.15, -0.1) is 0 Å². The van der Waals surface area contributed by atoms with Crippen molar-refractivity contribution >= 4 is 0 Å². The third-order valence-corrected chi connectivity index (χ3v) is 4.09. The van der Waals surface area contributed by atoms with E-state index in [1.165, 1.54) is 25.9 Å². The van der Waals surface area contributed by atoms with Gasteiger partial charge in [0.15, 0.2) is 0 Å². The van der Waals surface area contributed by atoms with Gasteiger partial charge in [-0.1, -0.05) is 0 Å². The molecular weight excluding hydrogens is 238 g/mol. The summed E-state index contributed by atoms with van der Waals surface area (Å²) in [5.41, 5.74) is 6.94. The molecule has 1 aromatic heterocycles. The van der Waals surface area contributed by atoms with Crippen LogP contribution in [-0.4, -0.2) is 60.0 Å². The third-order valence-electron chi connectivity index (χ3n) is 4.09. The Kier molecular flexibility index (Phi) is 5.24. The van der Waals surface area contributed by atoms with Crippen LogP contribution in [0.1, 0.15) is 24.6 Å². The van der Waals surface area contributed by atoms with Crippen LogP contribution in [0, 0.1) is 5.92 Å². The summed E-state index contributed by atoms with van der Waals surface area (Å²) >= 11 is 0. The van der Waals surface area contributed by atoms with E-state index in [9.17, 15) is 0 Å². The average molecular weight is 263 g/mol. The maximum atomic E-state index is 5.92. The Morgan fingerprint density at radius 2 is 2.21 bits per heavy atom. The lowest BCUT2D eigenvalue weighted by Crippen LogP contribution is -2.39. The molecular formula is C14H25N5. The van der Waals surface area contributed by atoms with Gasteiger partial charge in [0.05, 0.1) is 11.7 Å². The van der Waals surface area contributed by atoms with Crippen LogP contribution in [0.3, 0.4) is 0 Å². The quantitative estimate of drug-likeness (QED) is 0.849. The van der Waals surface area contributed by atoms with Gasteiger partial charge in [0, 0.05) is 19.3 Å². The molecule has 1 saturated heterocycles. The molecule has 2 rings (SSSR count). The molecule has 1 aliphatic rings. The Bertz CT molecular complexity index is 361. The number of nitrogens with two attached hydrogens (primary N) is 1. The van der Waals surface area contributed by atoms with E-state index >= 15 is 0 Å². The summed E-state index contributed by atoms with van der Waals surface area (Å²) in [4.78, 5) is 13.1. The fourth-order valence-corrected chi connectivity index (χ4v) is 2.80. The van der Waals surface area contributed by atoms with Gasteiger partial charge in [0.2, 0.25) is 0 Å². The molecule has 0 amide bonds. The molecule has 0 saturated carbocycles. The van der Waals surface area contributed by atoms with Crippen LogP contribution in [0.15, 0.2) is 18.6 Å². The lowest BCUT2D eigenvalue weighted by Gasteiger charge is -2.34. The first-order chi connectivity index (χ1) is 9.20. The molecule has 1 fully saturated rings. The SMILES string of the molecule is CN1CCC(CN(C)C(CN)c2ccncn2)CC1. The van der Waals surface area contributed by atoms with Crippen molar-refractivity contribution in [2.24, 2.45) is 11.7 Å². The third kappa shape index (κ3) is 3.96. The largest absolute Gasteiger partial charge is 0.329 e. The lowest BCUT2D eigenvalue weighted by molar-refractivity contribution is 0.150. The van der Waals surface area contributed by atoms with Gasteiger partial charge in [-0.05, 0) is 52.0 Å². The minimum atomic E-state index is 0.197. The van der Waals surface area contributed by atoms with E-state index in [-0.39, 0.29) is 6.04 Å². The minimum absolute atomic E-state index is 0.197. The zero-order valence-electron chi connectivity index (χ0n) is 12.0. The first-order valence-corrected chi connectivity index (χ1v) is 7.05. The number of nitrogens with zero attached hydrogens (tertiary/aromatic N) is 4. The molecule has 0 aliphatic carbocycles. The van der Waals surface area contributed by atoms with Crippen molar-refractivity contribution < 1.29 is 0 Å². The van der Waals surface area contributed by atoms with Crippen molar-refractivity contribution in [2.45, 2.75) is 18.9 Å². The molecule has 5 heteroatoms. The monoisotopic (exact) mass is 263 g/mol. The second-order valence-electron chi connectivity index (χ2n) is 5.57.